The first-order valence-corrected chi connectivity index (χ1v) is 9.97. The fourth-order valence-corrected chi connectivity index (χ4v) is 4.57. The van der Waals surface area contributed by atoms with Crippen LogP contribution in [0, 0.1) is 24.0 Å². The van der Waals surface area contributed by atoms with Crippen LogP contribution in [0.2, 0.25) is 0 Å². The molecule has 0 spiro atoms. The van der Waals surface area contributed by atoms with Crippen LogP contribution in [0.4, 0.5) is 17.1 Å². The second-order valence-electron chi connectivity index (χ2n) is 6.45. The molecule has 8 nitrogen and oxygen atoms in total. The van der Waals surface area contributed by atoms with Crippen LogP contribution in [0.5, 0.6) is 0 Å². The molecule has 0 unspecified atom stereocenters. The van der Waals surface area contributed by atoms with Gasteiger partial charge in [0.15, 0.2) is 0 Å². The first-order chi connectivity index (χ1) is 12.7. The number of aryl methyl sites for hydroxylation is 2. The standard InChI is InChI=1S/C18H19N3O5S/c1-12-4-5-14(11-17(12)21(23)24)18(22)19-16-7-6-15(10-13(16)2)20-8-3-9-27(20,25)26/h4-7,10-11H,3,8-9H2,1-2H3,(H,19,22). The highest BCUT2D eigenvalue weighted by Crippen LogP contribution is 2.28. The molecule has 0 atom stereocenters. The number of hydrogen-bond acceptors (Lipinski definition) is 5. The highest BCUT2D eigenvalue weighted by molar-refractivity contribution is 7.93. The van der Waals surface area contributed by atoms with E-state index in [1.807, 2.05) is 0 Å². The van der Waals surface area contributed by atoms with Crippen LogP contribution < -0.4 is 9.62 Å². The van der Waals surface area contributed by atoms with Gasteiger partial charge in [0.1, 0.15) is 0 Å². The molecule has 142 valence electrons. The first-order valence-electron chi connectivity index (χ1n) is 8.36. The fourth-order valence-electron chi connectivity index (χ4n) is 3.01. The van der Waals surface area contributed by atoms with Crippen LogP contribution >= 0.6 is 0 Å². The molecule has 1 aliphatic heterocycles. The molecule has 27 heavy (non-hydrogen) atoms. The molecule has 1 saturated heterocycles. The lowest BCUT2D eigenvalue weighted by atomic mass is 10.1. The minimum absolute atomic E-state index is 0.117. The van der Waals surface area contributed by atoms with E-state index in [0.29, 0.717) is 35.5 Å². The zero-order chi connectivity index (χ0) is 19.8. The molecule has 0 bridgehead atoms. The maximum Gasteiger partial charge on any atom is 0.273 e. The minimum atomic E-state index is -3.27. The van der Waals surface area contributed by atoms with E-state index in [2.05, 4.69) is 5.32 Å². The molecule has 1 aliphatic rings. The molecular weight excluding hydrogens is 370 g/mol. The van der Waals surface area contributed by atoms with E-state index < -0.39 is 20.9 Å². The van der Waals surface area contributed by atoms with Crippen LogP contribution in [0.15, 0.2) is 36.4 Å². The predicted molar refractivity (Wildman–Crippen MR) is 103 cm³/mol. The van der Waals surface area contributed by atoms with Gasteiger partial charge in [0.2, 0.25) is 10.0 Å². The third kappa shape index (κ3) is 3.77. The predicted octanol–water partition coefficient (Wildman–Crippen LogP) is 3.00. The van der Waals surface area contributed by atoms with Crippen molar-refractivity contribution in [1.82, 2.24) is 0 Å². The van der Waals surface area contributed by atoms with E-state index >= 15 is 0 Å². The number of nitro groups is 1. The second-order valence-corrected chi connectivity index (χ2v) is 8.47. The van der Waals surface area contributed by atoms with Crippen molar-refractivity contribution in [2.24, 2.45) is 0 Å². The topological polar surface area (TPSA) is 110 Å². The monoisotopic (exact) mass is 389 g/mol. The zero-order valence-corrected chi connectivity index (χ0v) is 15.7. The summed E-state index contributed by atoms with van der Waals surface area (Å²) < 4.78 is 25.4. The molecule has 2 aromatic rings. The summed E-state index contributed by atoms with van der Waals surface area (Å²) in [6, 6.07) is 9.28. The molecule has 1 N–H and O–H groups in total. The molecule has 0 aromatic heterocycles. The van der Waals surface area contributed by atoms with Crippen LogP contribution in [0.3, 0.4) is 0 Å². The maximum atomic E-state index is 12.5. The van der Waals surface area contributed by atoms with Crippen LogP contribution in [0.1, 0.15) is 27.9 Å². The Labute approximate surface area is 157 Å². The van der Waals surface area contributed by atoms with E-state index in [1.54, 1.807) is 32.0 Å². The van der Waals surface area contributed by atoms with Gasteiger partial charge in [-0.3, -0.25) is 19.2 Å². The van der Waals surface area contributed by atoms with E-state index in [-0.39, 0.29) is 17.0 Å². The van der Waals surface area contributed by atoms with Gasteiger partial charge in [-0.1, -0.05) is 6.07 Å². The summed E-state index contributed by atoms with van der Waals surface area (Å²) in [4.78, 5) is 23.0. The number of hydrogen-bond donors (Lipinski definition) is 1. The summed E-state index contributed by atoms with van der Waals surface area (Å²) in [5.74, 6) is -0.334. The maximum absolute atomic E-state index is 12.5. The number of amides is 1. The van der Waals surface area contributed by atoms with Gasteiger partial charge in [-0.2, -0.15) is 0 Å². The largest absolute Gasteiger partial charge is 0.322 e. The Kier molecular flexibility index (Phi) is 4.88. The van der Waals surface area contributed by atoms with Gasteiger partial charge in [0, 0.05) is 29.4 Å². The SMILES string of the molecule is Cc1cc(N2CCCS2(=O)=O)ccc1NC(=O)c1ccc(C)c([N+](=O)[O-])c1. The molecule has 0 saturated carbocycles. The lowest BCUT2D eigenvalue weighted by Crippen LogP contribution is -2.25. The van der Waals surface area contributed by atoms with Crippen molar-refractivity contribution < 1.29 is 18.1 Å². The molecule has 2 aromatic carbocycles. The number of anilines is 2. The number of nitrogens with one attached hydrogen (secondary N) is 1. The van der Waals surface area contributed by atoms with Gasteiger partial charge in [-0.25, -0.2) is 8.42 Å². The van der Waals surface area contributed by atoms with Crippen LogP contribution in [-0.4, -0.2) is 31.5 Å². The van der Waals surface area contributed by atoms with Crippen molar-refractivity contribution in [3.8, 4) is 0 Å². The summed E-state index contributed by atoms with van der Waals surface area (Å²) in [7, 11) is -3.27. The summed E-state index contributed by atoms with van der Waals surface area (Å²) in [5.41, 5.74) is 2.32. The van der Waals surface area contributed by atoms with Gasteiger partial charge in [-0.15, -0.1) is 0 Å². The van der Waals surface area contributed by atoms with Crippen molar-refractivity contribution in [1.29, 1.82) is 0 Å². The Morgan fingerprint density at radius 2 is 1.89 bits per heavy atom. The van der Waals surface area contributed by atoms with Crippen molar-refractivity contribution in [3.05, 3.63) is 63.2 Å². The molecule has 0 aliphatic carbocycles. The Morgan fingerprint density at radius 1 is 1.15 bits per heavy atom. The Balaban J connectivity index is 1.83. The minimum Gasteiger partial charge on any atom is -0.322 e. The highest BCUT2D eigenvalue weighted by atomic mass is 32.2. The lowest BCUT2D eigenvalue weighted by molar-refractivity contribution is -0.385. The average molecular weight is 389 g/mol. The quantitative estimate of drug-likeness (QED) is 0.638. The van der Waals surface area contributed by atoms with Gasteiger partial charge in [0.05, 0.1) is 16.4 Å². The summed E-state index contributed by atoms with van der Waals surface area (Å²) in [5, 5.41) is 13.8. The Hall–Kier alpha value is -2.94. The fraction of sp³-hybridized carbons (Fsp3) is 0.278. The van der Waals surface area contributed by atoms with Crippen molar-refractivity contribution >= 4 is 33.0 Å². The number of carbonyl (C=O) groups is 1. The Morgan fingerprint density at radius 3 is 2.48 bits per heavy atom. The van der Waals surface area contributed by atoms with Gasteiger partial charge >= 0.3 is 0 Å². The average Bonchev–Trinajstić information content (AvgIpc) is 2.96. The number of nitrogens with zero attached hydrogens (tertiary/aromatic N) is 2. The molecule has 1 amide bonds. The van der Waals surface area contributed by atoms with Crippen molar-refractivity contribution in [3.63, 3.8) is 0 Å². The lowest BCUT2D eigenvalue weighted by Gasteiger charge is -2.18. The van der Waals surface area contributed by atoms with Crippen molar-refractivity contribution in [2.45, 2.75) is 20.3 Å². The number of benzene rings is 2. The third-order valence-electron chi connectivity index (χ3n) is 4.51. The number of rotatable bonds is 4. The van der Waals surface area contributed by atoms with E-state index in [0.717, 1.165) is 0 Å². The van der Waals surface area contributed by atoms with E-state index in [1.165, 1.54) is 22.5 Å². The zero-order valence-electron chi connectivity index (χ0n) is 14.9. The van der Waals surface area contributed by atoms with Crippen LogP contribution in [0.25, 0.3) is 0 Å². The summed E-state index contributed by atoms with van der Waals surface area (Å²) in [6.07, 6.45) is 0.589. The molecule has 3 rings (SSSR count). The molecule has 9 heteroatoms. The molecule has 1 heterocycles. The van der Waals surface area contributed by atoms with Gasteiger partial charge in [0.25, 0.3) is 11.6 Å². The van der Waals surface area contributed by atoms with Crippen molar-refractivity contribution in [2.75, 3.05) is 21.9 Å². The molecule has 1 fully saturated rings. The summed E-state index contributed by atoms with van der Waals surface area (Å²) >= 11 is 0. The van der Waals surface area contributed by atoms with Gasteiger partial charge < -0.3 is 5.32 Å². The third-order valence-corrected chi connectivity index (χ3v) is 6.38. The molecular formula is C18H19N3O5S. The van der Waals surface area contributed by atoms with Gasteiger partial charge in [-0.05, 0) is 50.1 Å². The number of nitro benzene ring substituents is 1. The molecule has 0 radical (unpaired) electrons. The first kappa shape index (κ1) is 18.8. The highest BCUT2D eigenvalue weighted by Gasteiger charge is 2.28. The Bertz CT molecular complexity index is 1030. The van der Waals surface area contributed by atoms with Crippen LogP contribution in [-0.2, 0) is 10.0 Å². The van der Waals surface area contributed by atoms with E-state index in [9.17, 15) is 23.3 Å². The smallest absolute Gasteiger partial charge is 0.273 e. The normalized spacial score (nSPS) is 15.6. The summed E-state index contributed by atoms with van der Waals surface area (Å²) in [6.45, 7) is 3.81. The van der Waals surface area contributed by atoms with E-state index in [4.69, 9.17) is 0 Å². The number of carbonyl (C=O) groups excluding carboxylic acids is 1. The number of sulfonamides is 1. The second kappa shape index (κ2) is 6.99.